The fourth-order valence-electron chi connectivity index (χ4n) is 1.34. The Balaban J connectivity index is 2.87. The standard InChI is InChI=1S/C12H16O5S/c1-9(13)11-5-4-10(16-2)8-12(11)17-6-7-18(3,14)15/h4-5,8H,6-7H2,1-3H3. The Kier molecular flexibility index (Phi) is 4.72. The number of carbonyl (C=O) groups excluding carboxylic acids is 1. The van der Waals surface area contributed by atoms with Crippen LogP contribution >= 0.6 is 0 Å². The molecule has 0 fully saturated rings. The summed E-state index contributed by atoms with van der Waals surface area (Å²) in [5.74, 6) is 0.647. The van der Waals surface area contributed by atoms with Crippen molar-refractivity contribution in [1.82, 2.24) is 0 Å². The highest BCUT2D eigenvalue weighted by Gasteiger charge is 2.11. The molecule has 0 atom stereocenters. The molecule has 6 heteroatoms. The van der Waals surface area contributed by atoms with Crippen LogP contribution < -0.4 is 9.47 Å². The van der Waals surface area contributed by atoms with Crippen LogP contribution in [0.25, 0.3) is 0 Å². The van der Waals surface area contributed by atoms with Crippen LogP contribution in [0.15, 0.2) is 18.2 Å². The van der Waals surface area contributed by atoms with Gasteiger partial charge < -0.3 is 9.47 Å². The van der Waals surface area contributed by atoms with E-state index in [0.717, 1.165) is 6.26 Å². The maximum atomic E-state index is 11.4. The molecule has 0 bridgehead atoms. The van der Waals surface area contributed by atoms with Crippen LogP contribution in [0, 0.1) is 0 Å². The van der Waals surface area contributed by atoms with Crippen molar-refractivity contribution in [3.63, 3.8) is 0 Å². The molecule has 0 unspecified atom stereocenters. The summed E-state index contributed by atoms with van der Waals surface area (Å²) < 4.78 is 32.3. The summed E-state index contributed by atoms with van der Waals surface area (Å²) in [5.41, 5.74) is 0.407. The lowest BCUT2D eigenvalue weighted by Crippen LogP contribution is -2.13. The Bertz CT molecular complexity index is 533. The van der Waals surface area contributed by atoms with Crippen LogP contribution in [-0.2, 0) is 9.84 Å². The molecule has 0 N–H and O–H groups in total. The van der Waals surface area contributed by atoms with Crippen LogP contribution in [0.4, 0.5) is 0 Å². The van der Waals surface area contributed by atoms with Gasteiger partial charge in [0, 0.05) is 12.3 Å². The number of methoxy groups -OCH3 is 1. The number of carbonyl (C=O) groups is 1. The van der Waals surface area contributed by atoms with Gasteiger partial charge in [-0.25, -0.2) is 8.42 Å². The van der Waals surface area contributed by atoms with E-state index in [1.165, 1.54) is 14.0 Å². The molecule has 0 heterocycles. The molecular formula is C12H16O5S. The second kappa shape index (κ2) is 5.86. The first kappa shape index (κ1) is 14.5. The van der Waals surface area contributed by atoms with E-state index >= 15 is 0 Å². The third-order valence-corrected chi connectivity index (χ3v) is 3.19. The van der Waals surface area contributed by atoms with E-state index in [2.05, 4.69) is 0 Å². The summed E-state index contributed by atoms with van der Waals surface area (Å²) in [5, 5.41) is 0. The molecule has 100 valence electrons. The molecule has 1 rings (SSSR count). The predicted octanol–water partition coefficient (Wildman–Crippen LogP) is 1.32. The zero-order chi connectivity index (χ0) is 13.8. The average Bonchev–Trinajstić information content (AvgIpc) is 2.26. The molecule has 1 aromatic carbocycles. The molecule has 0 aliphatic heterocycles. The van der Waals surface area contributed by atoms with Gasteiger partial charge in [-0.1, -0.05) is 0 Å². The molecule has 1 aromatic rings. The second-order valence-corrected chi connectivity index (χ2v) is 6.16. The molecule has 0 spiro atoms. The van der Waals surface area contributed by atoms with E-state index in [4.69, 9.17) is 9.47 Å². The van der Waals surface area contributed by atoms with E-state index in [1.54, 1.807) is 18.2 Å². The number of benzene rings is 1. The zero-order valence-electron chi connectivity index (χ0n) is 10.6. The van der Waals surface area contributed by atoms with Crippen LogP contribution in [0.1, 0.15) is 17.3 Å². The third-order valence-electron chi connectivity index (χ3n) is 2.28. The molecule has 0 amide bonds. The quantitative estimate of drug-likeness (QED) is 0.730. The molecule has 5 nitrogen and oxygen atoms in total. The summed E-state index contributed by atoms with van der Waals surface area (Å²) in [6.07, 6.45) is 1.13. The summed E-state index contributed by atoms with van der Waals surface area (Å²) in [6, 6.07) is 4.82. The number of ether oxygens (including phenoxy) is 2. The van der Waals surface area contributed by atoms with Crippen molar-refractivity contribution < 1.29 is 22.7 Å². The molecule has 0 saturated carbocycles. The van der Waals surface area contributed by atoms with E-state index in [9.17, 15) is 13.2 Å². The fourth-order valence-corrected chi connectivity index (χ4v) is 1.73. The van der Waals surface area contributed by atoms with Gasteiger partial charge in [-0.15, -0.1) is 0 Å². The molecule has 0 saturated heterocycles. The van der Waals surface area contributed by atoms with Crippen molar-refractivity contribution in [2.45, 2.75) is 6.92 Å². The minimum atomic E-state index is -3.08. The van der Waals surface area contributed by atoms with E-state index in [0.29, 0.717) is 17.1 Å². The van der Waals surface area contributed by atoms with Crippen molar-refractivity contribution in [2.24, 2.45) is 0 Å². The largest absolute Gasteiger partial charge is 0.497 e. The van der Waals surface area contributed by atoms with Gasteiger partial charge in [0.2, 0.25) is 0 Å². The van der Waals surface area contributed by atoms with Crippen molar-refractivity contribution in [1.29, 1.82) is 0 Å². The van der Waals surface area contributed by atoms with Crippen molar-refractivity contribution in [2.75, 3.05) is 25.7 Å². The monoisotopic (exact) mass is 272 g/mol. The highest BCUT2D eigenvalue weighted by atomic mass is 32.2. The first-order chi connectivity index (χ1) is 8.33. The van der Waals surface area contributed by atoms with Crippen molar-refractivity contribution >= 4 is 15.6 Å². The predicted molar refractivity (Wildman–Crippen MR) is 68.2 cm³/mol. The topological polar surface area (TPSA) is 69.7 Å². The van der Waals surface area contributed by atoms with Crippen molar-refractivity contribution in [3.8, 4) is 11.5 Å². The smallest absolute Gasteiger partial charge is 0.163 e. The highest BCUT2D eigenvalue weighted by Crippen LogP contribution is 2.25. The molecule has 18 heavy (non-hydrogen) atoms. The summed E-state index contributed by atoms with van der Waals surface area (Å²) >= 11 is 0. The van der Waals surface area contributed by atoms with Gasteiger partial charge >= 0.3 is 0 Å². The number of sulfone groups is 1. The minimum absolute atomic E-state index is 0.00623. The maximum Gasteiger partial charge on any atom is 0.163 e. The van der Waals surface area contributed by atoms with Gasteiger partial charge in [-0.05, 0) is 19.1 Å². The van der Waals surface area contributed by atoms with E-state index in [-0.39, 0.29) is 18.1 Å². The minimum Gasteiger partial charge on any atom is -0.497 e. The Hall–Kier alpha value is -1.56. The van der Waals surface area contributed by atoms with Crippen LogP contribution in [0.2, 0.25) is 0 Å². The number of rotatable bonds is 6. The third kappa shape index (κ3) is 4.37. The molecule has 0 aliphatic rings. The SMILES string of the molecule is COc1ccc(C(C)=O)c(OCCS(C)(=O)=O)c1. The lowest BCUT2D eigenvalue weighted by molar-refractivity contribution is 0.101. The van der Waals surface area contributed by atoms with Gasteiger partial charge in [0.1, 0.15) is 18.1 Å². The van der Waals surface area contributed by atoms with Gasteiger partial charge in [0.25, 0.3) is 0 Å². The fraction of sp³-hybridized carbons (Fsp3) is 0.417. The lowest BCUT2D eigenvalue weighted by Gasteiger charge is -2.10. The molecule has 0 aliphatic carbocycles. The zero-order valence-corrected chi connectivity index (χ0v) is 11.4. The van der Waals surface area contributed by atoms with Crippen LogP contribution in [-0.4, -0.2) is 39.9 Å². The van der Waals surface area contributed by atoms with Gasteiger partial charge in [-0.2, -0.15) is 0 Å². The first-order valence-corrected chi connectivity index (χ1v) is 7.39. The number of Topliss-reactive ketones (excluding diaryl/α,β-unsaturated/α-hetero) is 1. The Morgan fingerprint density at radius 2 is 2.00 bits per heavy atom. The van der Waals surface area contributed by atoms with E-state index in [1.807, 2.05) is 0 Å². The van der Waals surface area contributed by atoms with Crippen molar-refractivity contribution in [3.05, 3.63) is 23.8 Å². The number of hydrogen-bond acceptors (Lipinski definition) is 5. The van der Waals surface area contributed by atoms with Gasteiger partial charge in [0.15, 0.2) is 15.6 Å². The van der Waals surface area contributed by atoms with Gasteiger partial charge in [-0.3, -0.25) is 4.79 Å². The summed E-state index contributed by atoms with van der Waals surface area (Å²) in [6.45, 7) is 1.43. The van der Waals surface area contributed by atoms with Gasteiger partial charge in [0.05, 0.1) is 18.4 Å². The number of ketones is 1. The van der Waals surface area contributed by atoms with Crippen LogP contribution in [0.5, 0.6) is 11.5 Å². The van der Waals surface area contributed by atoms with E-state index < -0.39 is 9.84 Å². The summed E-state index contributed by atoms with van der Waals surface area (Å²) in [4.78, 5) is 11.4. The highest BCUT2D eigenvalue weighted by molar-refractivity contribution is 7.90. The number of hydrogen-bond donors (Lipinski definition) is 0. The first-order valence-electron chi connectivity index (χ1n) is 5.33. The molecule has 0 aromatic heterocycles. The lowest BCUT2D eigenvalue weighted by atomic mass is 10.1. The van der Waals surface area contributed by atoms with Crippen LogP contribution in [0.3, 0.4) is 0 Å². The average molecular weight is 272 g/mol. The second-order valence-electron chi connectivity index (χ2n) is 3.90. The molecule has 0 radical (unpaired) electrons. The Labute approximate surface area is 107 Å². The normalized spacial score (nSPS) is 11.1. The molecular weight excluding hydrogens is 256 g/mol. The Morgan fingerprint density at radius 1 is 1.33 bits per heavy atom. The maximum absolute atomic E-state index is 11.4. The summed E-state index contributed by atoms with van der Waals surface area (Å²) in [7, 11) is -1.58. The Morgan fingerprint density at radius 3 is 2.50 bits per heavy atom.